The quantitative estimate of drug-likeness (QED) is 0.840. The average molecular weight is 324 g/mol. The molecular formula is C16H18ClNO2S. The minimum Gasteiger partial charge on any atom is -0.384 e. The number of nitrogens with one attached hydrogen (secondary N) is 1. The summed E-state index contributed by atoms with van der Waals surface area (Å²) in [6.07, 6.45) is 2.76. The van der Waals surface area contributed by atoms with Crippen molar-refractivity contribution < 1.29 is 9.90 Å². The number of hydrogen-bond donors (Lipinski definition) is 2. The molecule has 0 aliphatic carbocycles. The van der Waals surface area contributed by atoms with Gasteiger partial charge in [-0.3, -0.25) is 4.79 Å². The molecule has 1 saturated heterocycles. The van der Waals surface area contributed by atoms with Crippen LogP contribution in [0.2, 0.25) is 5.02 Å². The Balaban J connectivity index is 1.98. The molecule has 1 aromatic carbocycles. The second-order valence-corrected chi connectivity index (χ2v) is 6.59. The second-order valence-electron chi connectivity index (χ2n) is 4.96. The minimum absolute atomic E-state index is 0.000988. The Labute approximate surface area is 134 Å². The maximum absolute atomic E-state index is 12.1. The highest BCUT2D eigenvalue weighted by Crippen LogP contribution is 2.27. The molecule has 21 heavy (non-hydrogen) atoms. The summed E-state index contributed by atoms with van der Waals surface area (Å²) in [5, 5.41) is 12.1. The van der Waals surface area contributed by atoms with Crippen molar-refractivity contribution in [2.45, 2.75) is 19.3 Å². The molecule has 1 aliphatic rings. The number of thioether (sulfide) groups is 1. The smallest absolute Gasteiger partial charge is 0.224 e. The van der Waals surface area contributed by atoms with Gasteiger partial charge in [0.25, 0.3) is 0 Å². The van der Waals surface area contributed by atoms with E-state index in [2.05, 4.69) is 17.2 Å². The van der Waals surface area contributed by atoms with Gasteiger partial charge in [-0.05, 0) is 48.5 Å². The van der Waals surface area contributed by atoms with Crippen LogP contribution < -0.4 is 5.32 Å². The van der Waals surface area contributed by atoms with Crippen molar-refractivity contribution in [3.63, 3.8) is 0 Å². The molecular weight excluding hydrogens is 306 g/mol. The third kappa shape index (κ3) is 5.28. The van der Waals surface area contributed by atoms with Crippen LogP contribution in [0.5, 0.6) is 0 Å². The number of anilines is 1. The largest absolute Gasteiger partial charge is 0.384 e. The van der Waals surface area contributed by atoms with E-state index < -0.39 is 0 Å². The fourth-order valence-electron chi connectivity index (χ4n) is 2.25. The first-order valence-corrected chi connectivity index (χ1v) is 8.49. The van der Waals surface area contributed by atoms with Gasteiger partial charge in [-0.25, -0.2) is 0 Å². The molecule has 0 spiro atoms. The molecule has 2 N–H and O–H groups in total. The lowest BCUT2D eigenvalue weighted by Crippen LogP contribution is -2.19. The van der Waals surface area contributed by atoms with E-state index >= 15 is 0 Å². The predicted molar refractivity (Wildman–Crippen MR) is 88.7 cm³/mol. The molecule has 1 fully saturated rings. The summed E-state index contributed by atoms with van der Waals surface area (Å²) in [6.45, 7) is -0.190. The molecule has 2 rings (SSSR count). The Bertz CT molecular complexity index is 559. The number of aliphatic hydroxyl groups excluding tert-OH is 1. The van der Waals surface area contributed by atoms with Crippen molar-refractivity contribution in [1.29, 1.82) is 0 Å². The number of amides is 1. The number of hydrogen-bond acceptors (Lipinski definition) is 3. The lowest BCUT2D eigenvalue weighted by molar-refractivity contribution is -0.117. The zero-order valence-electron chi connectivity index (χ0n) is 11.7. The van der Waals surface area contributed by atoms with Gasteiger partial charge in [0.15, 0.2) is 0 Å². The van der Waals surface area contributed by atoms with E-state index in [1.807, 2.05) is 11.8 Å². The number of carbonyl (C=O) groups excluding carboxylic acids is 1. The maximum Gasteiger partial charge on any atom is 0.224 e. The molecule has 1 aromatic rings. The van der Waals surface area contributed by atoms with Gasteiger partial charge in [-0.15, -0.1) is 0 Å². The lowest BCUT2D eigenvalue weighted by atomic mass is 9.98. The third-order valence-corrected chi connectivity index (χ3v) is 4.75. The Kier molecular flexibility index (Phi) is 6.44. The maximum atomic E-state index is 12.1. The van der Waals surface area contributed by atoms with Crippen LogP contribution in [0.1, 0.15) is 24.8 Å². The van der Waals surface area contributed by atoms with Crippen LogP contribution in [0, 0.1) is 17.8 Å². The molecule has 0 aromatic heterocycles. The Morgan fingerprint density at radius 3 is 2.90 bits per heavy atom. The predicted octanol–water partition coefficient (Wildman–Crippen LogP) is 3.16. The topological polar surface area (TPSA) is 49.3 Å². The molecule has 1 aliphatic heterocycles. The van der Waals surface area contributed by atoms with Crippen molar-refractivity contribution in [3.05, 3.63) is 28.8 Å². The van der Waals surface area contributed by atoms with E-state index in [1.54, 1.807) is 18.2 Å². The Morgan fingerprint density at radius 1 is 1.43 bits per heavy atom. The number of benzene rings is 1. The first kappa shape index (κ1) is 16.2. The van der Waals surface area contributed by atoms with Crippen LogP contribution >= 0.6 is 23.4 Å². The molecule has 1 heterocycles. The summed E-state index contributed by atoms with van der Waals surface area (Å²) in [5.74, 6) is 8.14. The van der Waals surface area contributed by atoms with E-state index in [1.165, 1.54) is 0 Å². The van der Waals surface area contributed by atoms with E-state index in [0.29, 0.717) is 23.0 Å². The van der Waals surface area contributed by atoms with E-state index in [9.17, 15) is 4.79 Å². The van der Waals surface area contributed by atoms with Gasteiger partial charge < -0.3 is 10.4 Å². The van der Waals surface area contributed by atoms with Crippen LogP contribution in [-0.2, 0) is 4.79 Å². The van der Waals surface area contributed by atoms with Crippen LogP contribution in [0.15, 0.2) is 18.2 Å². The summed E-state index contributed by atoms with van der Waals surface area (Å²) in [4.78, 5) is 12.1. The molecule has 0 unspecified atom stereocenters. The number of rotatable bonds is 3. The fraction of sp³-hybridized carbons (Fsp3) is 0.438. The van der Waals surface area contributed by atoms with Gasteiger partial charge in [0.2, 0.25) is 5.91 Å². The monoisotopic (exact) mass is 323 g/mol. The van der Waals surface area contributed by atoms with Crippen LogP contribution in [0.3, 0.4) is 0 Å². The van der Waals surface area contributed by atoms with Gasteiger partial charge in [0.1, 0.15) is 6.61 Å². The average Bonchev–Trinajstić information content (AvgIpc) is 2.49. The van der Waals surface area contributed by atoms with Crippen molar-refractivity contribution in [3.8, 4) is 11.8 Å². The zero-order valence-corrected chi connectivity index (χ0v) is 13.3. The van der Waals surface area contributed by atoms with Crippen LogP contribution in [0.25, 0.3) is 0 Å². The van der Waals surface area contributed by atoms with Crippen molar-refractivity contribution in [2.24, 2.45) is 5.92 Å². The van der Waals surface area contributed by atoms with Gasteiger partial charge in [0, 0.05) is 12.0 Å². The van der Waals surface area contributed by atoms with Crippen LogP contribution in [0.4, 0.5) is 5.69 Å². The Morgan fingerprint density at radius 2 is 2.19 bits per heavy atom. The van der Waals surface area contributed by atoms with Crippen molar-refractivity contribution in [2.75, 3.05) is 23.4 Å². The van der Waals surface area contributed by atoms with E-state index in [4.69, 9.17) is 16.7 Å². The summed E-state index contributed by atoms with van der Waals surface area (Å²) in [6, 6.07) is 5.20. The number of carbonyl (C=O) groups is 1. The lowest BCUT2D eigenvalue weighted by Gasteiger charge is -2.20. The highest BCUT2D eigenvalue weighted by molar-refractivity contribution is 7.99. The van der Waals surface area contributed by atoms with Gasteiger partial charge >= 0.3 is 0 Å². The third-order valence-electron chi connectivity index (χ3n) is 3.37. The highest BCUT2D eigenvalue weighted by Gasteiger charge is 2.17. The molecule has 112 valence electrons. The van der Waals surface area contributed by atoms with Gasteiger partial charge in [-0.1, -0.05) is 23.4 Å². The van der Waals surface area contributed by atoms with E-state index in [-0.39, 0.29) is 12.5 Å². The number of halogens is 1. The molecule has 5 heteroatoms. The number of aliphatic hydroxyl groups is 1. The highest BCUT2D eigenvalue weighted by atomic mass is 35.5. The Hall–Kier alpha value is -1.15. The van der Waals surface area contributed by atoms with Gasteiger partial charge in [0.05, 0.1) is 10.7 Å². The normalized spacial score (nSPS) is 15.1. The van der Waals surface area contributed by atoms with Gasteiger partial charge in [-0.2, -0.15) is 11.8 Å². The van der Waals surface area contributed by atoms with Crippen LogP contribution in [-0.4, -0.2) is 29.1 Å². The van der Waals surface area contributed by atoms with Crippen molar-refractivity contribution >= 4 is 35.0 Å². The SMILES string of the molecule is O=C(CC1CCSCC1)Nc1cc(C#CCO)ccc1Cl. The second kappa shape index (κ2) is 8.33. The summed E-state index contributed by atoms with van der Waals surface area (Å²) < 4.78 is 0. The summed E-state index contributed by atoms with van der Waals surface area (Å²) in [5.41, 5.74) is 1.30. The first-order chi connectivity index (χ1) is 10.2. The zero-order chi connectivity index (χ0) is 15.1. The standard InChI is InChI=1S/C16H18ClNO2S/c17-14-4-3-12(2-1-7-19)10-15(14)18-16(20)11-13-5-8-21-9-6-13/h3-4,10,13,19H,5-9,11H2,(H,18,20). The fourth-order valence-corrected chi connectivity index (χ4v) is 3.62. The molecule has 1 amide bonds. The summed E-state index contributed by atoms with van der Waals surface area (Å²) >= 11 is 8.05. The molecule has 0 radical (unpaired) electrons. The molecule has 0 saturated carbocycles. The first-order valence-electron chi connectivity index (χ1n) is 6.96. The van der Waals surface area contributed by atoms with Crippen molar-refractivity contribution in [1.82, 2.24) is 0 Å². The van der Waals surface area contributed by atoms with E-state index in [0.717, 1.165) is 29.9 Å². The molecule has 3 nitrogen and oxygen atoms in total. The summed E-state index contributed by atoms with van der Waals surface area (Å²) in [7, 11) is 0. The molecule has 0 atom stereocenters. The molecule has 0 bridgehead atoms. The minimum atomic E-state index is -0.190.